The molecule has 1 aliphatic rings. The predicted octanol–water partition coefficient (Wildman–Crippen LogP) is -0.491. The second-order valence-corrected chi connectivity index (χ2v) is 5.67. The second kappa shape index (κ2) is 5.56. The van der Waals surface area contributed by atoms with Gasteiger partial charge in [0.25, 0.3) is 0 Å². The fourth-order valence-corrected chi connectivity index (χ4v) is 1.62. The highest BCUT2D eigenvalue weighted by Crippen LogP contribution is 2.18. The van der Waals surface area contributed by atoms with Crippen LogP contribution in [-0.4, -0.2) is 48.2 Å². The van der Waals surface area contributed by atoms with E-state index < -0.39 is 22.8 Å². The molecule has 1 saturated heterocycles. The zero-order valence-electron chi connectivity index (χ0n) is 11.4. The highest BCUT2D eigenvalue weighted by molar-refractivity contribution is 5.91. The topological polar surface area (TPSA) is 105 Å². The predicted molar refractivity (Wildman–Crippen MR) is 66.4 cm³/mol. The maximum atomic E-state index is 11.7. The van der Waals surface area contributed by atoms with Gasteiger partial charge in [-0.2, -0.15) is 0 Å². The third kappa shape index (κ3) is 3.92. The van der Waals surface area contributed by atoms with E-state index in [1.165, 1.54) is 0 Å². The molecule has 0 aromatic rings. The van der Waals surface area contributed by atoms with Gasteiger partial charge < -0.3 is 20.5 Å². The average Bonchev–Trinajstić information content (AvgIpc) is 2.74. The second-order valence-electron chi connectivity index (χ2n) is 5.67. The van der Waals surface area contributed by atoms with Gasteiger partial charge in [-0.1, -0.05) is 20.8 Å². The first-order valence-corrected chi connectivity index (χ1v) is 6.08. The Morgan fingerprint density at radius 2 is 1.95 bits per heavy atom. The van der Waals surface area contributed by atoms with E-state index in [-0.39, 0.29) is 25.5 Å². The fraction of sp³-hybridized carbons (Fsp3) is 0.750. The Balaban J connectivity index is 2.51. The van der Waals surface area contributed by atoms with Crippen molar-refractivity contribution < 1.29 is 24.2 Å². The summed E-state index contributed by atoms with van der Waals surface area (Å²) in [4.78, 5) is 34.5. The molecule has 0 spiro atoms. The van der Waals surface area contributed by atoms with Crippen molar-refractivity contribution in [1.29, 1.82) is 0 Å². The molecule has 7 nitrogen and oxygen atoms in total. The summed E-state index contributed by atoms with van der Waals surface area (Å²) in [6.45, 7) is 5.17. The van der Waals surface area contributed by atoms with Crippen molar-refractivity contribution in [3.63, 3.8) is 0 Å². The molecule has 1 rings (SSSR count). The van der Waals surface area contributed by atoms with Crippen molar-refractivity contribution in [2.24, 2.45) is 5.41 Å². The van der Waals surface area contributed by atoms with Gasteiger partial charge in [0.05, 0.1) is 13.2 Å². The number of carboxylic acid groups (broad SMARTS) is 1. The van der Waals surface area contributed by atoms with Crippen molar-refractivity contribution in [1.82, 2.24) is 10.6 Å². The number of ether oxygens (including phenoxy) is 1. The molecule has 0 bridgehead atoms. The number of carboxylic acids is 1. The molecule has 0 aliphatic carbocycles. The van der Waals surface area contributed by atoms with E-state index in [4.69, 9.17) is 9.84 Å². The summed E-state index contributed by atoms with van der Waals surface area (Å²) in [6.07, 6.45) is 0.224. The first-order chi connectivity index (χ1) is 8.67. The lowest BCUT2D eigenvalue weighted by Gasteiger charge is -2.24. The van der Waals surface area contributed by atoms with Gasteiger partial charge in [0.2, 0.25) is 11.8 Å². The minimum absolute atomic E-state index is 0.0543. The van der Waals surface area contributed by atoms with Gasteiger partial charge in [-0.15, -0.1) is 0 Å². The van der Waals surface area contributed by atoms with Crippen LogP contribution < -0.4 is 10.6 Å². The average molecular weight is 272 g/mol. The third-order valence-corrected chi connectivity index (χ3v) is 2.90. The highest BCUT2D eigenvalue weighted by Gasteiger charge is 2.43. The smallest absolute Gasteiger partial charge is 0.331 e. The molecule has 2 amide bonds. The Kier molecular flexibility index (Phi) is 4.52. The Hall–Kier alpha value is -1.63. The monoisotopic (exact) mass is 272 g/mol. The van der Waals surface area contributed by atoms with Crippen LogP contribution in [0.3, 0.4) is 0 Å². The number of rotatable bonds is 4. The normalized spacial score (nSPS) is 22.9. The first-order valence-electron chi connectivity index (χ1n) is 6.08. The quantitative estimate of drug-likeness (QED) is 0.640. The minimum atomic E-state index is -1.37. The number of aliphatic carboxylic acids is 1. The third-order valence-electron chi connectivity index (χ3n) is 2.90. The van der Waals surface area contributed by atoms with Crippen LogP contribution in [0.5, 0.6) is 0 Å². The molecule has 0 saturated carbocycles. The maximum absolute atomic E-state index is 11.7. The lowest BCUT2D eigenvalue weighted by molar-refractivity contribution is -0.147. The molecule has 1 atom stereocenters. The number of carbonyl (C=O) groups is 3. The van der Waals surface area contributed by atoms with Crippen molar-refractivity contribution in [2.45, 2.75) is 32.7 Å². The summed E-state index contributed by atoms with van der Waals surface area (Å²) in [7, 11) is 0. The first kappa shape index (κ1) is 15.4. The van der Waals surface area contributed by atoms with Crippen molar-refractivity contribution in [2.75, 3.05) is 19.8 Å². The number of hydrogen-bond acceptors (Lipinski definition) is 4. The molecule has 0 aromatic heterocycles. The zero-order valence-corrected chi connectivity index (χ0v) is 11.4. The molecule has 0 radical (unpaired) electrons. The molecule has 3 N–H and O–H groups in total. The van der Waals surface area contributed by atoms with Crippen LogP contribution in [-0.2, 0) is 19.1 Å². The Labute approximate surface area is 111 Å². The van der Waals surface area contributed by atoms with Gasteiger partial charge in [0.1, 0.15) is 0 Å². The number of hydrogen-bond donors (Lipinski definition) is 3. The fourth-order valence-electron chi connectivity index (χ4n) is 1.62. The maximum Gasteiger partial charge on any atom is 0.331 e. The summed E-state index contributed by atoms with van der Waals surface area (Å²) in [5, 5.41) is 14.0. The Bertz CT molecular complexity index is 380. The lowest BCUT2D eigenvalue weighted by Crippen LogP contribution is -2.57. The van der Waals surface area contributed by atoms with E-state index in [9.17, 15) is 14.4 Å². The van der Waals surface area contributed by atoms with E-state index >= 15 is 0 Å². The number of nitrogens with one attached hydrogen (secondary N) is 2. The number of carbonyl (C=O) groups excluding carboxylic acids is 2. The standard InChI is InChI=1S/C12H20N2O5/c1-11(2,3)9(16)13-6-8(15)14-12(10(17)18)4-5-19-7-12/h4-7H2,1-3H3,(H,13,16)(H,14,15)(H,17,18). The molecule has 1 fully saturated rings. The van der Waals surface area contributed by atoms with Gasteiger partial charge in [-0.05, 0) is 0 Å². The van der Waals surface area contributed by atoms with Gasteiger partial charge in [-0.3, -0.25) is 9.59 Å². The summed E-state index contributed by atoms with van der Waals surface area (Å²) in [5.41, 5.74) is -1.97. The summed E-state index contributed by atoms with van der Waals surface area (Å²) in [6, 6.07) is 0. The lowest BCUT2D eigenvalue weighted by atomic mass is 9.96. The highest BCUT2D eigenvalue weighted by atomic mass is 16.5. The van der Waals surface area contributed by atoms with Gasteiger partial charge in [-0.25, -0.2) is 4.79 Å². The molecule has 0 aromatic carbocycles. The van der Waals surface area contributed by atoms with Crippen molar-refractivity contribution in [3.05, 3.63) is 0 Å². The van der Waals surface area contributed by atoms with Crippen molar-refractivity contribution >= 4 is 17.8 Å². The van der Waals surface area contributed by atoms with Crippen LogP contribution >= 0.6 is 0 Å². The van der Waals surface area contributed by atoms with E-state index in [1.807, 2.05) is 0 Å². The largest absolute Gasteiger partial charge is 0.479 e. The summed E-state index contributed by atoms with van der Waals surface area (Å²) >= 11 is 0. The zero-order chi connectivity index (χ0) is 14.7. The van der Waals surface area contributed by atoms with E-state index in [0.717, 1.165) is 0 Å². The Morgan fingerprint density at radius 1 is 1.32 bits per heavy atom. The molecule has 108 valence electrons. The van der Waals surface area contributed by atoms with Crippen molar-refractivity contribution in [3.8, 4) is 0 Å². The van der Waals surface area contributed by atoms with Gasteiger partial charge in [0.15, 0.2) is 5.54 Å². The summed E-state index contributed by atoms with van der Waals surface area (Å²) in [5.74, 6) is -1.93. The number of amides is 2. The molecular formula is C12H20N2O5. The van der Waals surface area contributed by atoms with Gasteiger partial charge in [0, 0.05) is 18.4 Å². The molecule has 1 heterocycles. The molecule has 1 unspecified atom stereocenters. The van der Waals surface area contributed by atoms with Crippen LogP contribution in [0.1, 0.15) is 27.2 Å². The van der Waals surface area contributed by atoms with Crippen LogP contribution in [0.15, 0.2) is 0 Å². The van der Waals surface area contributed by atoms with Crippen LogP contribution in [0, 0.1) is 5.41 Å². The van der Waals surface area contributed by atoms with E-state index in [1.54, 1.807) is 20.8 Å². The summed E-state index contributed by atoms with van der Waals surface area (Å²) < 4.78 is 5.02. The van der Waals surface area contributed by atoms with Gasteiger partial charge >= 0.3 is 5.97 Å². The van der Waals surface area contributed by atoms with E-state index in [2.05, 4.69) is 10.6 Å². The van der Waals surface area contributed by atoms with Crippen LogP contribution in [0.2, 0.25) is 0 Å². The Morgan fingerprint density at radius 3 is 2.37 bits per heavy atom. The molecular weight excluding hydrogens is 252 g/mol. The SMILES string of the molecule is CC(C)(C)C(=O)NCC(=O)NC1(C(=O)O)CCOC1. The van der Waals surface area contributed by atoms with E-state index in [0.29, 0.717) is 6.61 Å². The molecule has 19 heavy (non-hydrogen) atoms. The van der Waals surface area contributed by atoms with Crippen LogP contribution in [0.4, 0.5) is 0 Å². The van der Waals surface area contributed by atoms with Crippen LogP contribution in [0.25, 0.3) is 0 Å². The molecule has 1 aliphatic heterocycles. The minimum Gasteiger partial charge on any atom is -0.479 e. The molecule has 7 heteroatoms.